The van der Waals surface area contributed by atoms with Crippen LogP contribution in [0.25, 0.3) is 0 Å². The number of hydrogen-bond donors (Lipinski definition) is 0. The highest BCUT2D eigenvalue weighted by atomic mass is 79.9. The maximum atomic E-state index is 13.1. The predicted octanol–water partition coefficient (Wildman–Crippen LogP) is 4.73. The molecule has 0 N–H and O–H groups in total. The van der Waals surface area contributed by atoms with Gasteiger partial charge in [0.15, 0.2) is 5.78 Å². The van der Waals surface area contributed by atoms with E-state index < -0.39 is 0 Å². The van der Waals surface area contributed by atoms with E-state index in [1.165, 1.54) is 23.5 Å². The summed E-state index contributed by atoms with van der Waals surface area (Å²) in [6, 6.07) is 8.23. The average Bonchev–Trinajstić information content (AvgIpc) is 2.68. The van der Waals surface area contributed by atoms with E-state index in [-0.39, 0.29) is 18.1 Å². The molecule has 6 heteroatoms. The summed E-state index contributed by atoms with van der Waals surface area (Å²) < 4.78 is 14.8. The minimum atomic E-state index is -0.258. The summed E-state index contributed by atoms with van der Waals surface area (Å²) >= 11 is 8.22. The molecule has 0 bridgehead atoms. The zero-order chi connectivity index (χ0) is 14.7. The van der Waals surface area contributed by atoms with Crippen LogP contribution in [0.2, 0.25) is 0 Å². The van der Waals surface area contributed by atoms with Crippen LogP contribution >= 0.6 is 43.2 Å². The maximum Gasteiger partial charge on any atom is 0.178 e. The third-order valence-corrected chi connectivity index (χ3v) is 5.05. The number of ketones is 1. The normalized spacial score (nSPS) is 11.1. The fraction of sp³-hybridized carbons (Fsp3) is 0.214. The van der Waals surface area contributed by atoms with Gasteiger partial charge in [0.05, 0.1) is 14.1 Å². The number of benzene rings is 1. The van der Waals surface area contributed by atoms with Gasteiger partial charge in [-0.25, -0.2) is 4.39 Å². The molecule has 2 nitrogen and oxygen atoms in total. The Morgan fingerprint density at radius 2 is 2.10 bits per heavy atom. The first-order chi connectivity index (χ1) is 9.45. The zero-order valence-electron chi connectivity index (χ0n) is 10.7. The van der Waals surface area contributed by atoms with Crippen molar-refractivity contribution in [2.75, 3.05) is 13.6 Å². The molecule has 106 valence electrons. The lowest BCUT2D eigenvalue weighted by atomic mass is 10.2. The highest BCUT2D eigenvalue weighted by Gasteiger charge is 2.15. The Kier molecular flexibility index (Phi) is 5.49. The number of nitrogens with zero attached hydrogens (tertiary/aromatic N) is 1. The second-order valence-electron chi connectivity index (χ2n) is 4.46. The number of Topliss-reactive ketones (excluding diaryl/α,β-unsaturated/α-hetero) is 1. The molecule has 20 heavy (non-hydrogen) atoms. The van der Waals surface area contributed by atoms with Crippen molar-refractivity contribution in [3.05, 3.63) is 54.8 Å². The fourth-order valence-corrected chi connectivity index (χ4v) is 4.72. The molecule has 0 spiro atoms. The van der Waals surface area contributed by atoms with E-state index in [4.69, 9.17) is 0 Å². The van der Waals surface area contributed by atoms with Crippen LogP contribution in [-0.4, -0.2) is 24.3 Å². The van der Waals surface area contributed by atoms with E-state index in [0.29, 0.717) is 12.1 Å². The van der Waals surface area contributed by atoms with E-state index in [9.17, 15) is 9.18 Å². The van der Waals surface area contributed by atoms with Crippen LogP contribution in [-0.2, 0) is 6.54 Å². The molecule has 0 fully saturated rings. The molecule has 0 unspecified atom stereocenters. The zero-order valence-corrected chi connectivity index (χ0v) is 14.7. The Bertz CT molecular complexity index is 629. The van der Waals surface area contributed by atoms with Gasteiger partial charge in [-0.2, -0.15) is 0 Å². The van der Waals surface area contributed by atoms with Crippen LogP contribution in [0.1, 0.15) is 15.9 Å². The van der Waals surface area contributed by atoms with E-state index in [1.54, 1.807) is 6.07 Å². The number of hydrogen-bond acceptors (Lipinski definition) is 3. The number of thiophene rings is 1. The number of rotatable bonds is 5. The highest BCUT2D eigenvalue weighted by molar-refractivity contribution is 9.12. The van der Waals surface area contributed by atoms with Crippen molar-refractivity contribution >= 4 is 49.0 Å². The number of carbonyl (C=O) groups is 1. The summed E-state index contributed by atoms with van der Waals surface area (Å²) in [5, 5.41) is 0. The molecule has 1 aromatic heterocycles. The molecule has 0 aliphatic carbocycles. The Hall–Kier alpha value is -0.560. The Morgan fingerprint density at radius 1 is 1.35 bits per heavy atom. The van der Waals surface area contributed by atoms with Crippen molar-refractivity contribution in [3.8, 4) is 0 Å². The van der Waals surface area contributed by atoms with Crippen LogP contribution in [0.3, 0.4) is 0 Å². The topological polar surface area (TPSA) is 20.3 Å². The van der Waals surface area contributed by atoms with Gasteiger partial charge < -0.3 is 0 Å². The summed E-state index contributed by atoms with van der Waals surface area (Å²) in [6.07, 6.45) is 0. The number of likely N-dealkylation sites (N-methyl/N-ethyl adjacent to an activating group) is 1. The van der Waals surface area contributed by atoms with E-state index in [0.717, 1.165) is 13.1 Å². The van der Waals surface area contributed by atoms with Gasteiger partial charge in [0.25, 0.3) is 0 Å². The van der Waals surface area contributed by atoms with Crippen LogP contribution in [0.4, 0.5) is 4.39 Å². The first-order valence-electron chi connectivity index (χ1n) is 5.86. The molecule has 0 saturated heterocycles. The molecular weight excluding hydrogens is 409 g/mol. The minimum Gasteiger partial charge on any atom is -0.295 e. The fourth-order valence-electron chi connectivity index (χ4n) is 1.86. The Morgan fingerprint density at radius 3 is 2.70 bits per heavy atom. The summed E-state index contributed by atoms with van der Waals surface area (Å²) in [4.78, 5) is 14.1. The summed E-state index contributed by atoms with van der Waals surface area (Å²) in [5.74, 6) is -0.218. The molecule has 0 radical (unpaired) electrons. The van der Waals surface area contributed by atoms with Gasteiger partial charge in [0, 0.05) is 12.1 Å². The van der Waals surface area contributed by atoms with Crippen molar-refractivity contribution in [2.24, 2.45) is 0 Å². The van der Waals surface area contributed by atoms with Crippen molar-refractivity contribution < 1.29 is 9.18 Å². The third kappa shape index (κ3) is 4.22. The van der Waals surface area contributed by atoms with Crippen molar-refractivity contribution in [1.82, 2.24) is 4.90 Å². The summed E-state index contributed by atoms with van der Waals surface area (Å²) in [7, 11) is 1.85. The third-order valence-electron chi connectivity index (χ3n) is 2.71. The first kappa shape index (κ1) is 15.8. The van der Waals surface area contributed by atoms with Gasteiger partial charge in [-0.15, -0.1) is 11.3 Å². The molecule has 1 heterocycles. The van der Waals surface area contributed by atoms with Crippen molar-refractivity contribution in [1.29, 1.82) is 0 Å². The maximum absolute atomic E-state index is 13.1. The van der Waals surface area contributed by atoms with Gasteiger partial charge in [-0.05, 0) is 62.7 Å². The van der Waals surface area contributed by atoms with Crippen LogP contribution in [0.15, 0.2) is 37.9 Å². The molecule has 0 atom stereocenters. The number of carbonyl (C=O) groups excluding carboxylic acids is 1. The standard InChI is InChI=1S/C14H12Br2FNOS/c1-18(7-9-3-2-4-10(17)5-9)8-12(19)11-6-13(15)20-14(11)16/h2-6H,7-8H2,1H3. The van der Waals surface area contributed by atoms with E-state index >= 15 is 0 Å². The van der Waals surface area contributed by atoms with Crippen LogP contribution in [0.5, 0.6) is 0 Å². The highest BCUT2D eigenvalue weighted by Crippen LogP contribution is 2.32. The molecule has 0 amide bonds. The molecule has 0 aliphatic heterocycles. The second-order valence-corrected chi connectivity index (χ2v) is 8.21. The SMILES string of the molecule is CN(CC(=O)c1cc(Br)sc1Br)Cc1cccc(F)c1. The van der Waals surface area contributed by atoms with Crippen LogP contribution < -0.4 is 0 Å². The van der Waals surface area contributed by atoms with E-state index in [2.05, 4.69) is 31.9 Å². The van der Waals surface area contributed by atoms with Gasteiger partial charge in [-0.3, -0.25) is 9.69 Å². The van der Waals surface area contributed by atoms with Gasteiger partial charge >= 0.3 is 0 Å². The smallest absolute Gasteiger partial charge is 0.178 e. The van der Waals surface area contributed by atoms with Gasteiger partial charge in [0.1, 0.15) is 5.82 Å². The summed E-state index contributed by atoms with van der Waals surface area (Å²) in [6.45, 7) is 0.824. The number of halogens is 3. The molecule has 1 aromatic carbocycles. The molecule has 0 saturated carbocycles. The predicted molar refractivity (Wildman–Crippen MR) is 86.8 cm³/mol. The lowest BCUT2D eigenvalue weighted by molar-refractivity contribution is 0.0943. The Balaban J connectivity index is 1.99. The molecule has 2 aromatic rings. The summed E-state index contributed by atoms with van der Waals surface area (Å²) in [5.41, 5.74) is 1.53. The molecule has 2 rings (SSSR count). The lowest BCUT2D eigenvalue weighted by Gasteiger charge is -2.15. The minimum absolute atomic E-state index is 0.0396. The van der Waals surface area contributed by atoms with Gasteiger partial charge in [0.2, 0.25) is 0 Å². The average molecular weight is 421 g/mol. The van der Waals surface area contributed by atoms with Crippen LogP contribution in [0, 0.1) is 5.82 Å². The van der Waals surface area contributed by atoms with Crippen molar-refractivity contribution in [2.45, 2.75) is 6.54 Å². The quantitative estimate of drug-likeness (QED) is 0.652. The lowest BCUT2D eigenvalue weighted by Crippen LogP contribution is -2.25. The largest absolute Gasteiger partial charge is 0.295 e. The molecule has 0 aliphatic rings. The Labute approximate surface area is 137 Å². The van der Waals surface area contributed by atoms with E-state index in [1.807, 2.05) is 24.1 Å². The monoisotopic (exact) mass is 419 g/mol. The molecular formula is C14H12Br2FNOS. The van der Waals surface area contributed by atoms with Crippen molar-refractivity contribution in [3.63, 3.8) is 0 Å². The van der Waals surface area contributed by atoms with Gasteiger partial charge in [-0.1, -0.05) is 12.1 Å². The second kappa shape index (κ2) is 6.93. The first-order valence-corrected chi connectivity index (χ1v) is 8.27.